The smallest absolute Gasteiger partial charge is 0.416 e. The molecule has 8 rings (SSSR count). The molecular formula is C49H58F6N4O5. The highest BCUT2D eigenvalue weighted by molar-refractivity contribution is 5.51. The molecule has 0 radical (unpaired) electrons. The molecule has 2 saturated heterocycles. The Labute approximate surface area is 371 Å². The second-order valence-corrected chi connectivity index (χ2v) is 19.2. The summed E-state index contributed by atoms with van der Waals surface area (Å²) in [5.41, 5.74) is 2.73. The summed E-state index contributed by atoms with van der Waals surface area (Å²) in [6.45, 7) is 10.7. The molecule has 1 saturated carbocycles. The topological polar surface area (TPSA) is 88.1 Å². The van der Waals surface area contributed by atoms with Crippen LogP contribution in [0.3, 0.4) is 0 Å². The molecule has 1 unspecified atom stereocenters. The number of nitrogens with zero attached hydrogens (tertiary/aromatic N) is 4. The zero-order valence-electron chi connectivity index (χ0n) is 37.2. The van der Waals surface area contributed by atoms with E-state index in [0.717, 1.165) is 29.0 Å². The number of methoxy groups -OCH3 is 1. The third-order valence-corrected chi connectivity index (χ3v) is 13.2. The van der Waals surface area contributed by atoms with Crippen LogP contribution in [0.4, 0.5) is 32.3 Å². The van der Waals surface area contributed by atoms with Crippen molar-refractivity contribution >= 4 is 5.95 Å². The SMILES string of the molecule is COc1ccc(CO[C@H]2CC(C)(C)Cc3nc(C4CCN(c5ncc(OCC6COC(C)(C)OC6)cn5)CC4)c(C(F)c4ccc(C(F)(F)F)cc4)c(C4CCC(F)(F)CC4)c32)cc1. The molecule has 4 aromatic rings. The number of ether oxygens (including phenoxy) is 5. The van der Waals surface area contributed by atoms with Crippen LogP contribution in [0, 0.1) is 11.3 Å². The van der Waals surface area contributed by atoms with E-state index < -0.39 is 41.6 Å². The van der Waals surface area contributed by atoms with Gasteiger partial charge in [-0.3, -0.25) is 4.98 Å². The maximum absolute atomic E-state index is 17.9. The van der Waals surface area contributed by atoms with Crippen molar-refractivity contribution in [3.63, 3.8) is 0 Å². The van der Waals surface area contributed by atoms with Crippen LogP contribution in [0.15, 0.2) is 60.9 Å². The Hall–Kier alpha value is -4.47. The number of fused-ring (bicyclic) bond motifs is 1. The van der Waals surface area contributed by atoms with Gasteiger partial charge in [0.1, 0.15) is 5.75 Å². The van der Waals surface area contributed by atoms with E-state index in [1.54, 1.807) is 19.5 Å². The number of alkyl halides is 6. The van der Waals surface area contributed by atoms with Gasteiger partial charge in [-0.15, -0.1) is 0 Å². The van der Waals surface area contributed by atoms with Gasteiger partial charge in [-0.25, -0.2) is 23.1 Å². The molecule has 4 aliphatic rings. The summed E-state index contributed by atoms with van der Waals surface area (Å²) >= 11 is 0. The van der Waals surface area contributed by atoms with Crippen molar-refractivity contribution in [2.45, 2.75) is 128 Å². The Bertz CT molecular complexity index is 2190. The van der Waals surface area contributed by atoms with Gasteiger partial charge < -0.3 is 28.6 Å². The van der Waals surface area contributed by atoms with Crippen molar-refractivity contribution < 1.29 is 50.0 Å². The average Bonchev–Trinajstić information content (AvgIpc) is 3.27. The number of rotatable bonds is 12. The van der Waals surface area contributed by atoms with Gasteiger partial charge in [0.25, 0.3) is 0 Å². The van der Waals surface area contributed by atoms with Crippen LogP contribution < -0.4 is 14.4 Å². The minimum Gasteiger partial charge on any atom is -0.497 e. The predicted octanol–water partition coefficient (Wildman–Crippen LogP) is 11.6. The van der Waals surface area contributed by atoms with E-state index in [0.29, 0.717) is 87.3 Å². The highest BCUT2D eigenvalue weighted by Crippen LogP contribution is 2.53. The number of hydrogen-bond donors (Lipinski definition) is 0. The number of hydrogen-bond acceptors (Lipinski definition) is 9. The fourth-order valence-electron chi connectivity index (χ4n) is 9.68. The molecule has 4 heterocycles. The summed E-state index contributed by atoms with van der Waals surface area (Å²) in [5, 5.41) is 0. The monoisotopic (exact) mass is 896 g/mol. The second kappa shape index (κ2) is 18.4. The zero-order chi connectivity index (χ0) is 45.4. The van der Waals surface area contributed by atoms with Gasteiger partial charge in [-0.05, 0) is 105 Å². The standard InChI is InChI=1S/C49H58F6N4O5/c1-46(2)22-38-41(39(23-46)62-26-30-6-12-36(60-5)13-7-30)40(32-14-18-48(51,52)19-15-32)42(43(50)33-8-10-35(11-9-33)49(53,54)55)44(58-38)34-16-20-59(21-17-34)45-56-24-37(25-57-45)61-27-31-28-63-47(3,4)64-29-31/h6-13,24-25,31-32,34,39,43H,14-23,26-29H2,1-5H3/t39-,43?/m0/s1. The highest BCUT2D eigenvalue weighted by atomic mass is 19.4. The van der Waals surface area contributed by atoms with Crippen molar-refractivity contribution in [2.75, 3.05) is 44.9 Å². The van der Waals surface area contributed by atoms with Crippen molar-refractivity contribution in [3.05, 3.63) is 106 Å². The molecule has 0 bridgehead atoms. The lowest BCUT2D eigenvalue weighted by Gasteiger charge is -2.42. The fourth-order valence-corrected chi connectivity index (χ4v) is 9.68. The molecule has 2 aliphatic heterocycles. The molecule has 15 heteroatoms. The molecule has 3 fully saturated rings. The number of piperidine rings is 1. The largest absolute Gasteiger partial charge is 0.497 e. The number of aromatic nitrogens is 3. The van der Waals surface area contributed by atoms with Crippen LogP contribution in [-0.2, 0) is 33.4 Å². The molecule has 2 aliphatic carbocycles. The number of anilines is 1. The number of pyridine rings is 1. The van der Waals surface area contributed by atoms with E-state index in [-0.39, 0.29) is 60.7 Å². The minimum absolute atomic E-state index is 0.0470. The van der Waals surface area contributed by atoms with E-state index in [1.165, 1.54) is 12.1 Å². The van der Waals surface area contributed by atoms with Gasteiger partial charge in [0.05, 0.1) is 63.3 Å². The second-order valence-electron chi connectivity index (χ2n) is 19.2. The van der Waals surface area contributed by atoms with Gasteiger partial charge >= 0.3 is 6.18 Å². The maximum atomic E-state index is 17.9. The third-order valence-electron chi connectivity index (χ3n) is 13.2. The summed E-state index contributed by atoms with van der Waals surface area (Å²) in [6, 6.07) is 11.7. The maximum Gasteiger partial charge on any atom is 0.416 e. The first-order valence-electron chi connectivity index (χ1n) is 22.3. The summed E-state index contributed by atoms with van der Waals surface area (Å²) in [6.07, 6.45) is -1.96. The molecule has 2 aromatic heterocycles. The van der Waals surface area contributed by atoms with Crippen molar-refractivity contribution in [2.24, 2.45) is 11.3 Å². The van der Waals surface area contributed by atoms with Gasteiger partial charge in [0.15, 0.2) is 17.7 Å². The fraction of sp³-hybridized carbons (Fsp3) is 0.571. The Morgan fingerprint density at radius 2 is 1.47 bits per heavy atom. The van der Waals surface area contributed by atoms with E-state index in [1.807, 2.05) is 38.1 Å². The first-order valence-corrected chi connectivity index (χ1v) is 22.3. The number of halogens is 6. The lowest BCUT2D eigenvalue weighted by atomic mass is 9.68. The Morgan fingerprint density at radius 3 is 2.08 bits per heavy atom. The molecule has 9 nitrogen and oxygen atoms in total. The van der Waals surface area contributed by atoms with Gasteiger partial charge in [-0.2, -0.15) is 13.2 Å². The van der Waals surface area contributed by atoms with Crippen LogP contribution in [0.25, 0.3) is 0 Å². The van der Waals surface area contributed by atoms with Crippen LogP contribution >= 0.6 is 0 Å². The van der Waals surface area contributed by atoms with Crippen LogP contribution in [0.5, 0.6) is 11.5 Å². The molecule has 346 valence electrons. The van der Waals surface area contributed by atoms with Crippen LogP contribution in [-0.4, -0.2) is 66.7 Å². The quantitative estimate of drug-likeness (QED) is 0.129. The Kier molecular flexibility index (Phi) is 13.3. The molecule has 2 atom stereocenters. The minimum atomic E-state index is -4.61. The van der Waals surface area contributed by atoms with Crippen LogP contribution in [0.2, 0.25) is 0 Å². The zero-order valence-corrected chi connectivity index (χ0v) is 37.2. The van der Waals surface area contributed by atoms with Crippen molar-refractivity contribution in [1.82, 2.24) is 15.0 Å². The highest BCUT2D eigenvalue weighted by Gasteiger charge is 2.44. The normalized spacial score (nSPS) is 22.2. The van der Waals surface area contributed by atoms with E-state index >= 15 is 4.39 Å². The Morgan fingerprint density at radius 1 is 0.828 bits per heavy atom. The lowest BCUT2D eigenvalue weighted by Crippen LogP contribution is -2.41. The molecule has 2 aromatic carbocycles. The van der Waals surface area contributed by atoms with Gasteiger partial charge in [0.2, 0.25) is 11.9 Å². The molecule has 0 N–H and O–H groups in total. The van der Waals surface area contributed by atoms with E-state index in [2.05, 4.69) is 28.7 Å². The summed E-state index contributed by atoms with van der Waals surface area (Å²) in [4.78, 5) is 16.6. The molecule has 64 heavy (non-hydrogen) atoms. The first kappa shape index (κ1) is 46.1. The van der Waals surface area contributed by atoms with Gasteiger partial charge in [-0.1, -0.05) is 38.1 Å². The summed E-state index contributed by atoms with van der Waals surface area (Å²) < 4.78 is 118. The van der Waals surface area contributed by atoms with Crippen LogP contribution in [0.1, 0.15) is 142 Å². The van der Waals surface area contributed by atoms with Gasteiger partial charge in [0, 0.05) is 54.6 Å². The summed E-state index contributed by atoms with van der Waals surface area (Å²) in [7, 11) is 1.59. The lowest BCUT2D eigenvalue weighted by molar-refractivity contribution is -0.264. The van der Waals surface area contributed by atoms with E-state index in [9.17, 15) is 22.0 Å². The average molecular weight is 897 g/mol. The third kappa shape index (κ3) is 10.6. The Balaban J connectivity index is 1.13. The van der Waals surface area contributed by atoms with Crippen molar-refractivity contribution in [3.8, 4) is 11.5 Å². The molecular weight excluding hydrogens is 839 g/mol. The predicted molar refractivity (Wildman–Crippen MR) is 229 cm³/mol. The van der Waals surface area contributed by atoms with Crippen molar-refractivity contribution in [1.29, 1.82) is 0 Å². The molecule has 0 amide bonds. The van der Waals surface area contributed by atoms with E-state index in [4.69, 9.17) is 28.7 Å². The summed E-state index contributed by atoms with van der Waals surface area (Å²) in [5.74, 6) is -2.34. The first-order chi connectivity index (χ1) is 30.4. The number of benzene rings is 2. The molecule has 0 spiro atoms.